The molecular weight excluding hydrogens is 607 g/mol. The van der Waals surface area contributed by atoms with Crippen molar-refractivity contribution in [1.29, 1.82) is 0 Å². The Labute approximate surface area is 290 Å². The highest BCUT2D eigenvalue weighted by Gasteiger charge is 2.22. The van der Waals surface area contributed by atoms with Crippen LogP contribution < -0.4 is 4.90 Å². The second-order valence-electron chi connectivity index (χ2n) is 12.9. The van der Waals surface area contributed by atoms with Gasteiger partial charge in [0.2, 0.25) is 0 Å². The highest BCUT2D eigenvalue weighted by Crippen LogP contribution is 2.47. The van der Waals surface area contributed by atoms with Crippen molar-refractivity contribution in [2.45, 2.75) is 0 Å². The predicted molar refractivity (Wildman–Crippen MR) is 212 cm³/mol. The molecule has 1 heterocycles. The Bertz CT molecular complexity index is 2880. The first-order valence-electron chi connectivity index (χ1n) is 17.1. The first kappa shape index (κ1) is 28.4. The summed E-state index contributed by atoms with van der Waals surface area (Å²) < 4.78 is 6.77. The van der Waals surface area contributed by atoms with Crippen LogP contribution in [0.25, 0.3) is 76.5 Å². The minimum atomic E-state index is 0.896. The van der Waals surface area contributed by atoms with E-state index in [1.165, 1.54) is 43.4 Å². The second kappa shape index (κ2) is 11.5. The van der Waals surface area contributed by atoms with Gasteiger partial charge in [0.1, 0.15) is 11.2 Å². The number of hydrogen-bond acceptors (Lipinski definition) is 2. The Morgan fingerprint density at radius 2 is 0.980 bits per heavy atom. The first-order chi connectivity index (χ1) is 24.8. The van der Waals surface area contributed by atoms with Crippen LogP contribution in [0.1, 0.15) is 0 Å². The van der Waals surface area contributed by atoms with Crippen LogP contribution in [0.2, 0.25) is 0 Å². The lowest BCUT2D eigenvalue weighted by Crippen LogP contribution is -2.12. The number of nitrogens with zero attached hydrogens (tertiary/aromatic N) is 1. The van der Waals surface area contributed by atoms with Crippen LogP contribution in [0.3, 0.4) is 0 Å². The van der Waals surface area contributed by atoms with Crippen LogP contribution in [0.5, 0.6) is 0 Å². The fourth-order valence-corrected chi connectivity index (χ4v) is 7.67. The minimum absolute atomic E-state index is 0.896. The summed E-state index contributed by atoms with van der Waals surface area (Å²) in [6, 6.07) is 67.5. The molecule has 0 aliphatic carbocycles. The molecule has 0 atom stereocenters. The average Bonchev–Trinajstić information content (AvgIpc) is 3.55. The summed E-state index contributed by atoms with van der Waals surface area (Å²) in [4.78, 5) is 2.43. The van der Waals surface area contributed by atoms with E-state index in [4.69, 9.17) is 4.42 Å². The molecule has 0 saturated carbocycles. The van der Waals surface area contributed by atoms with Crippen LogP contribution in [-0.4, -0.2) is 0 Å². The van der Waals surface area contributed by atoms with Crippen LogP contribution in [0.4, 0.5) is 17.1 Å². The maximum atomic E-state index is 6.77. The van der Waals surface area contributed by atoms with E-state index in [1.54, 1.807) is 0 Å². The molecule has 0 N–H and O–H groups in total. The third kappa shape index (κ3) is 4.57. The van der Waals surface area contributed by atoms with Crippen molar-refractivity contribution in [3.8, 4) is 22.3 Å². The average molecular weight is 638 g/mol. The van der Waals surface area contributed by atoms with Crippen LogP contribution in [-0.2, 0) is 0 Å². The number of furan rings is 1. The Morgan fingerprint density at radius 3 is 1.88 bits per heavy atom. The Hall–Kier alpha value is -6.64. The molecule has 0 radical (unpaired) electrons. The monoisotopic (exact) mass is 637 g/mol. The minimum Gasteiger partial charge on any atom is -0.455 e. The van der Waals surface area contributed by atoms with Crippen molar-refractivity contribution >= 4 is 71.3 Å². The topological polar surface area (TPSA) is 16.4 Å². The first-order valence-corrected chi connectivity index (χ1v) is 17.1. The predicted octanol–water partition coefficient (Wildman–Crippen LogP) is 13.8. The molecular formula is C48H31NO. The number of fused-ring (bicyclic) bond motifs is 7. The maximum absolute atomic E-state index is 6.77. The van der Waals surface area contributed by atoms with Gasteiger partial charge in [-0.1, -0.05) is 152 Å². The number of para-hydroxylation sites is 2. The molecule has 10 aromatic rings. The molecule has 0 fully saturated rings. The van der Waals surface area contributed by atoms with Crippen LogP contribution in [0.15, 0.2) is 192 Å². The summed E-state index contributed by atoms with van der Waals surface area (Å²) >= 11 is 0. The molecule has 234 valence electrons. The van der Waals surface area contributed by atoms with E-state index in [-0.39, 0.29) is 0 Å². The normalized spacial score (nSPS) is 11.6. The van der Waals surface area contributed by atoms with Gasteiger partial charge in [-0.3, -0.25) is 0 Å². The number of hydrogen-bond donors (Lipinski definition) is 0. The summed E-state index contributed by atoms with van der Waals surface area (Å²) in [5.74, 6) is 0. The van der Waals surface area contributed by atoms with E-state index >= 15 is 0 Å². The van der Waals surface area contributed by atoms with Crippen molar-refractivity contribution in [2.75, 3.05) is 4.90 Å². The van der Waals surface area contributed by atoms with E-state index < -0.39 is 0 Å². The van der Waals surface area contributed by atoms with Crippen molar-refractivity contribution < 1.29 is 4.42 Å². The number of anilines is 3. The van der Waals surface area contributed by atoms with Gasteiger partial charge in [-0.25, -0.2) is 0 Å². The zero-order valence-corrected chi connectivity index (χ0v) is 27.3. The number of benzene rings is 9. The molecule has 2 heteroatoms. The van der Waals surface area contributed by atoms with Gasteiger partial charge in [0.25, 0.3) is 0 Å². The van der Waals surface area contributed by atoms with Gasteiger partial charge in [0.05, 0.1) is 11.4 Å². The molecule has 0 spiro atoms. The quantitative estimate of drug-likeness (QED) is 0.175. The summed E-state index contributed by atoms with van der Waals surface area (Å²) in [6.45, 7) is 0. The van der Waals surface area contributed by atoms with Gasteiger partial charge in [-0.2, -0.15) is 0 Å². The van der Waals surface area contributed by atoms with Gasteiger partial charge in [0, 0.05) is 33.0 Å². The van der Waals surface area contributed by atoms with Gasteiger partial charge in [-0.05, 0) is 74.5 Å². The highest BCUT2D eigenvalue weighted by atomic mass is 16.3. The fraction of sp³-hybridized carbons (Fsp3) is 0. The Morgan fingerprint density at radius 1 is 0.340 bits per heavy atom. The molecule has 2 nitrogen and oxygen atoms in total. The third-order valence-electron chi connectivity index (χ3n) is 10.0. The van der Waals surface area contributed by atoms with Gasteiger partial charge >= 0.3 is 0 Å². The second-order valence-corrected chi connectivity index (χ2v) is 12.9. The van der Waals surface area contributed by atoms with E-state index in [0.29, 0.717) is 0 Å². The maximum Gasteiger partial charge on any atom is 0.143 e. The summed E-state index contributed by atoms with van der Waals surface area (Å²) in [5, 5.41) is 9.54. The summed E-state index contributed by atoms with van der Waals surface area (Å²) in [7, 11) is 0. The summed E-state index contributed by atoms with van der Waals surface area (Å²) in [6.07, 6.45) is 0. The molecule has 0 bridgehead atoms. The molecule has 0 aliphatic rings. The molecule has 0 aliphatic heterocycles. The molecule has 0 saturated heterocycles. The van der Waals surface area contributed by atoms with Crippen molar-refractivity contribution in [3.05, 3.63) is 188 Å². The van der Waals surface area contributed by atoms with Gasteiger partial charge < -0.3 is 9.32 Å². The summed E-state index contributed by atoms with van der Waals surface area (Å²) in [5.41, 5.74) is 9.60. The largest absolute Gasteiger partial charge is 0.455 e. The van der Waals surface area contributed by atoms with E-state index in [9.17, 15) is 0 Å². The zero-order valence-electron chi connectivity index (χ0n) is 27.3. The lowest BCUT2D eigenvalue weighted by Gasteiger charge is -2.29. The van der Waals surface area contributed by atoms with Crippen LogP contribution in [0, 0.1) is 0 Å². The molecule has 9 aromatic carbocycles. The molecule has 0 amide bonds. The van der Waals surface area contributed by atoms with E-state index in [1.807, 2.05) is 0 Å². The lowest BCUT2D eigenvalue weighted by molar-refractivity contribution is 0.670. The van der Waals surface area contributed by atoms with E-state index in [2.05, 4.69) is 193 Å². The number of rotatable bonds is 5. The SMILES string of the molecule is c1ccc(-c2cccc(N(c3ccccc3-c3cccc4c3oc3cc5ccccc5cc34)c3cccc4c3ccc3ccccc34)c2)cc1. The fourth-order valence-electron chi connectivity index (χ4n) is 7.67. The van der Waals surface area contributed by atoms with Crippen LogP contribution >= 0.6 is 0 Å². The lowest BCUT2D eigenvalue weighted by atomic mass is 9.96. The van der Waals surface area contributed by atoms with Crippen molar-refractivity contribution in [1.82, 2.24) is 0 Å². The standard InChI is InChI=1S/C48H31NO/c1-2-13-32(14-3-1)34-18-10-19-37(29-34)49(46-26-12-22-39-38-20-7-6-15-33(38)27-28-41(39)46)45-25-9-8-21-40(45)42-23-11-24-43-44-30-35-16-4-5-17-36(35)31-47(44)50-48(42)43/h1-31H. The zero-order chi connectivity index (χ0) is 33.0. The molecule has 50 heavy (non-hydrogen) atoms. The van der Waals surface area contributed by atoms with Crippen molar-refractivity contribution in [2.24, 2.45) is 0 Å². The van der Waals surface area contributed by atoms with Gasteiger partial charge in [-0.15, -0.1) is 0 Å². The molecule has 0 unspecified atom stereocenters. The molecule has 10 rings (SSSR count). The molecule has 1 aromatic heterocycles. The van der Waals surface area contributed by atoms with Gasteiger partial charge in [0.15, 0.2) is 0 Å². The smallest absolute Gasteiger partial charge is 0.143 e. The third-order valence-corrected chi connectivity index (χ3v) is 10.0. The van der Waals surface area contributed by atoms with E-state index in [0.717, 1.165) is 50.1 Å². The Kier molecular flexibility index (Phi) is 6.53. The Balaban J connectivity index is 1.25. The van der Waals surface area contributed by atoms with Crippen molar-refractivity contribution in [3.63, 3.8) is 0 Å². The highest BCUT2D eigenvalue weighted by molar-refractivity contribution is 6.16.